The molecule has 0 atom stereocenters. The van der Waals surface area contributed by atoms with Crippen molar-refractivity contribution < 1.29 is 21.6 Å². The Morgan fingerprint density at radius 3 is 2.08 bits per heavy atom. The van der Waals surface area contributed by atoms with Gasteiger partial charge in [0.25, 0.3) is 10.0 Å². The second kappa shape index (κ2) is 7.26. The molecule has 1 aliphatic rings. The van der Waals surface area contributed by atoms with Gasteiger partial charge in [-0.15, -0.1) is 0 Å². The van der Waals surface area contributed by atoms with Crippen LogP contribution in [-0.2, 0) is 24.6 Å². The third kappa shape index (κ3) is 4.17. The largest absolute Gasteiger partial charge is 0.378 e. The van der Waals surface area contributed by atoms with E-state index in [9.17, 15) is 16.8 Å². The van der Waals surface area contributed by atoms with Gasteiger partial charge >= 0.3 is 0 Å². The van der Waals surface area contributed by atoms with Gasteiger partial charge in [0.15, 0.2) is 9.84 Å². The monoisotopic (exact) mass is 396 g/mol. The fraction of sp³-hybridized carbons (Fsp3) is 0.294. The molecule has 3 rings (SSSR count). The number of nitrogens with zero attached hydrogens (tertiary/aromatic N) is 1. The fourth-order valence-electron chi connectivity index (χ4n) is 2.71. The summed E-state index contributed by atoms with van der Waals surface area (Å²) in [4.78, 5) is 2.14. The van der Waals surface area contributed by atoms with Gasteiger partial charge in [0.1, 0.15) is 0 Å². The van der Waals surface area contributed by atoms with E-state index in [4.69, 9.17) is 4.74 Å². The summed E-state index contributed by atoms with van der Waals surface area (Å²) in [6.45, 7) is 2.55. The van der Waals surface area contributed by atoms with Crippen molar-refractivity contribution in [3.8, 4) is 0 Å². The summed E-state index contributed by atoms with van der Waals surface area (Å²) in [5.41, 5.74) is 1.26. The average molecular weight is 396 g/mol. The number of hydrogen-bond donors (Lipinski definition) is 1. The van der Waals surface area contributed by atoms with E-state index >= 15 is 0 Å². The molecule has 0 aromatic heterocycles. The van der Waals surface area contributed by atoms with Crippen LogP contribution in [0.3, 0.4) is 0 Å². The number of nitrogens with one attached hydrogen (secondary N) is 1. The molecule has 7 nitrogen and oxygen atoms in total. The Bertz CT molecular complexity index is 980. The summed E-state index contributed by atoms with van der Waals surface area (Å²) in [5.74, 6) is 0. The van der Waals surface area contributed by atoms with Crippen molar-refractivity contribution in [1.29, 1.82) is 0 Å². The highest BCUT2D eigenvalue weighted by atomic mass is 32.2. The van der Waals surface area contributed by atoms with Gasteiger partial charge in [0, 0.05) is 19.3 Å². The molecular formula is C17H20N2O5S2. The van der Waals surface area contributed by atoms with Crippen LogP contribution in [0.25, 0.3) is 0 Å². The van der Waals surface area contributed by atoms with Crippen LogP contribution < -0.4 is 9.62 Å². The SMILES string of the molecule is CS(=O)(=O)c1ccc(S(=O)(=O)Nc2ccccc2N2CCOCC2)cc1. The molecule has 2 aromatic carbocycles. The van der Waals surface area contributed by atoms with Crippen molar-refractivity contribution in [2.75, 3.05) is 42.2 Å². The molecule has 26 heavy (non-hydrogen) atoms. The minimum atomic E-state index is -3.84. The summed E-state index contributed by atoms with van der Waals surface area (Å²) in [6.07, 6.45) is 1.08. The van der Waals surface area contributed by atoms with Gasteiger partial charge in [-0.2, -0.15) is 0 Å². The maximum atomic E-state index is 12.7. The first-order chi connectivity index (χ1) is 12.3. The molecule has 0 amide bonds. The maximum Gasteiger partial charge on any atom is 0.261 e. The zero-order valence-electron chi connectivity index (χ0n) is 14.3. The van der Waals surface area contributed by atoms with E-state index in [1.807, 2.05) is 12.1 Å². The van der Waals surface area contributed by atoms with E-state index in [0.717, 1.165) is 11.9 Å². The maximum absolute atomic E-state index is 12.7. The molecule has 0 unspecified atom stereocenters. The van der Waals surface area contributed by atoms with Gasteiger partial charge in [0.2, 0.25) is 0 Å². The van der Waals surface area contributed by atoms with Gasteiger partial charge in [-0.1, -0.05) is 12.1 Å². The van der Waals surface area contributed by atoms with Crippen molar-refractivity contribution in [2.45, 2.75) is 9.79 Å². The lowest BCUT2D eigenvalue weighted by atomic mass is 10.2. The first kappa shape index (κ1) is 18.7. The number of anilines is 2. The molecule has 1 fully saturated rings. The van der Waals surface area contributed by atoms with E-state index in [-0.39, 0.29) is 9.79 Å². The number of hydrogen-bond acceptors (Lipinski definition) is 6. The Kier molecular flexibility index (Phi) is 5.22. The minimum Gasteiger partial charge on any atom is -0.378 e. The first-order valence-corrected chi connectivity index (χ1v) is 11.4. The Balaban J connectivity index is 1.88. The van der Waals surface area contributed by atoms with Crippen LogP contribution in [0.5, 0.6) is 0 Å². The zero-order valence-corrected chi connectivity index (χ0v) is 15.9. The van der Waals surface area contributed by atoms with Gasteiger partial charge in [-0.05, 0) is 36.4 Å². The standard InChI is InChI=1S/C17H20N2O5S2/c1-25(20,21)14-6-8-15(9-7-14)26(22,23)18-16-4-2-3-5-17(16)19-10-12-24-13-11-19/h2-9,18H,10-13H2,1H3. The summed E-state index contributed by atoms with van der Waals surface area (Å²) in [7, 11) is -7.22. The molecular weight excluding hydrogens is 376 g/mol. The van der Waals surface area contributed by atoms with Crippen LogP contribution in [0.1, 0.15) is 0 Å². The predicted octanol–water partition coefficient (Wildman–Crippen LogP) is 1.73. The highest BCUT2D eigenvalue weighted by Crippen LogP contribution is 2.28. The summed E-state index contributed by atoms with van der Waals surface area (Å²) >= 11 is 0. The van der Waals surface area contributed by atoms with Crippen molar-refractivity contribution in [1.82, 2.24) is 0 Å². The van der Waals surface area contributed by atoms with E-state index in [2.05, 4.69) is 9.62 Å². The second-order valence-corrected chi connectivity index (χ2v) is 9.66. The third-order valence-corrected chi connectivity index (χ3v) is 6.57. The smallest absolute Gasteiger partial charge is 0.261 e. The first-order valence-electron chi connectivity index (χ1n) is 8.02. The lowest BCUT2D eigenvalue weighted by Crippen LogP contribution is -2.36. The molecule has 1 heterocycles. The van der Waals surface area contributed by atoms with Crippen LogP contribution >= 0.6 is 0 Å². The molecule has 1 N–H and O–H groups in total. The van der Waals surface area contributed by atoms with E-state index in [1.165, 1.54) is 24.3 Å². The van der Waals surface area contributed by atoms with Crippen molar-refractivity contribution >= 4 is 31.2 Å². The Hall–Kier alpha value is -2.10. The molecule has 0 aliphatic carbocycles. The van der Waals surface area contributed by atoms with Crippen LogP contribution in [0.2, 0.25) is 0 Å². The number of morpholine rings is 1. The fourth-order valence-corrected chi connectivity index (χ4v) is 4.41. The number of para-hydroxylation sites is 2. The average Bonchev–Trinajstić information content (AvgIpc) is 2.62. The number of sulfonamides is 1. The van der Waals surface area contributed by atoms with Crippen molar-refractivity contribution in [3.05, 3.63) is 48.5 Å². The van der Waals surface area contributed by atoms with Gasteiger partial charge in [-0.3, -0.25) is 4.72 Å². The minimum absolute atomic E-state index is 0.00156. The predicted molar refractivity (Wildman–Crippen MR) is 99.8 cm³/mol. The summed E-state index contributed by atoms with van der Waals surface area (Å²) in [5, 5.41) is 0. The van der Waals surface area contributed by atoms with Gasteiger partial charge in [-0.25, -0.2) is 16.8 Å². The van der Waals surface area contributed by atoms with Crippen LogP contribution in [0.15, 0.2) is 58.3 Å². The number of rotatable bonds is 5. The van der Waals surface area contributed by atoms with Crippen molar-refractivity contribution in [3.63, 3.8) is 0 Å². The van der Waals surface area contributed by atoms with Crippen molar-refractivity contribution in [2.24, 2.45) is 0 Å². The Morgan fingerprint density at radius 1 is 0.885 bits per heavy atom. The Morgan fingerprint density at radius 2 is 1.46 bits per heavy atom. The summed E-state index contributed by atoms with van der Waals surface area (Å²) in [6, 6.07) is 12.3. The lowest BCUT2D eigenvalue weighted by molar-refractivity contribution is 0.123. The molecule has 0 spiro atoms. The molecule has 0 radical (unpaired) electrons. The van der Waals surface area contributed by atoms with E-state index in [1.54, 1.807) is 12.1 Å². The third-order valence-electron chi connectivity index (χ3n) is 4.06. The second-order valence-electron chi connectivity index (χ2n) is 5.97. The summed E-state index contributed by atoms with van der Waals surface area (Å²) < 4.78 is 56.4. The quantitative estimate of drug-likeness (QED) is 0.827. The molecule has 9 heteroatoms. The van der Waals surface area contributed by atoms with E-state index < -0.39 is 19.9 Å². The number of ether oxygens (including phenoxy) is 1. The lowest BCUT2D eigenvalue weighted by Gasteiger charge is -2.30. The van der Waals surface area contributed by atoms with Crippen LogP contribution in [0, 0.1) is 0 Å². The molecule has 0 saturated carbocycles. The molecule has 2 aromatic rings. The van der Waals surface area contributed by atoms with Crippen LogP contribution in [-0.4, -0.2) is 49.4 Å². The highest BCUT2D eigenvalue weighted by Gasteiger charge is 2.20. The highest BCUT2D eigenvalue weighted by molar-refractivity contribution is 7.92. The number of sulfone groups is 1. The topological polar surface area (TPSA) is 92.8 Å². The Labute approximate surface area is 153 Å². The van der Waals surface area contributed by atoms with E-state index in [0.29, 0.717) is 32.0 Å². The molecule has 140 valence electrons. The van der Waals surface area contributed by atoms with Gasteiger partial charge < -0.3 is 9.64 Å². The van der Waals surface area contributed by atoms with Crippen LogP contribution in [0.4, 0.5) is 11.4 Å². The normalized spacial score (nSPS) is 15.7. The van der Waals surface area contributed by atoms with Gasteiger partial charge in [0.05, 0.1) is 34.4 Å². The molecule has 0 bridgehead atoms. The molecule has 1 aliphatic heterocycles. The number of benzene rings is 2. The zero-order chi connectivity index (χ0) is 18.8. The molecule has 1 saturated heterocycles.